The molecular formula is C25H33N3O8S. The van der Waals surface area contributed by atoms with E-state index < -0.39 is 45.7 Å². The summed E-state index contributed by atoms with van der Waals surface area (Å²) in [5, 5.41) is 38.2. The molecule has 1 saturated heterocycles. The molecule has 0 bridgehead atoms. The molecule has 0 spiro atoms. The molecule has 202 valence electrons. The van der Waals surface area contributed by atoms with Crippen molar-refractivity contribution in [3.05, 3.63) is 47.5 Å². The molecule has 37 heavy (non-hydrogen) atoms. The number of hydrogen-bond donors (Lipinski definition) is 5. The standard InChI is InChI=1S/C25H33N3O8S/c1-16-13-18(5-6-19(16)20-3-2-4-23(26-20)36-12-11-29)17-7-9-28(10-8-17)37(34,35)25(24(32)27-33)14-21(30)22(31)15-25/h2-6,13,17,21-22,29-31,33H,7-12,14-15H2,1H3,(H,27,32)/t21-,22+,25+. The molecule has 2 aliphatic rings. The number of aromatic nitrogens is 1. The van der Waals surface area contributed by atoms with E-state index in [4.69, 9.17) is 9.84 Å². The number of nitrogens with zero attached hydrogens (tertiary/aromatic N) is 2. The van der Waals surface area contributed by atoms with Gasteiger partial charge in [0.05, 0.1) is 24.5 Å². The molecule has 2 aromatic rings. The predicted octanol–water partition coefficient (Wildman–Crippen LogP) is 0.697. The third-order valence-electron chi connectivity index (χ3n) is 7.39. The van der Waals surface area contributed by atoms with Crippen molar-refractivity contribution in [3.63, 3.8) is 0 Å². The Hall–Kier alpha value is -2.61. The molecule has 3 atom stereocenters. The number of pyridine rings is 1. The Labute approximate surface area is 215 Å². The third kappa shape index (κ3) is 5.22. The highest BCUT2D eigenvalue weighted by Gasteiger charge is 2.60. The smallest absolute Gasteiger partial charge is 0.266 e. The van der Waals surface area contributed by atoms with Crippen molar-refractivity contribution in [3.8, 4) is 17.1 Å². The van der Waals surface area contributed by atoms with Crippen LogP contribution in [0.5, 0.6) is 5.88 Å². The van der Waals surface area contributed by atoms with Crippen molar-refractivity contribution in [1.82, 2.24) is 14.8 Å². The van der Waals surface area contributed by atoms with Gasteiger partial charge in [0.25, 0.3) is 5.91 Å². The van der Waals surface area contributed by atoms with Gasteiger partial charge in [0.15, 0.2) is 4.75 Å². The molecule has 4 rings (SSSR count). The Bertz CT molecular complexity index is 1220. The summed E-state index contributed by atoms with van der Waals surface area (Å²) in [6.45, 7) is 2.39. The van der Waals surface area contributed by atoms with Gasteiger partial charge < -0.3 is 20.1 Å². The molecule has 12 heteroatoms. The van der Waals surface area contributed by atoms with Gasteiger partial charge in [-0.25, -0.2) is 23.2 Å². The van der Waals surface area contributed by atoms with E-state index in [1.165, 1.54) is 9.79 Å². The lowest BCUT2D eigenvalue weighted by atomic mass is 9.88. The van der Waals surface area contributed by atoms with Crippen molar-refractivity contribution >= 4 is 15.9 Å². The van der Waals surface area contributed by atoms with Gasteiger partial charge in [-0.3, -0.25) is 10.0 Å². The van der Waals surface area contributed by atoms with Gasteiger partial charge in [0, 0.05) is 37.6 Å². The maximum atomic E-state index is 13.5. The minimum atomic E-state index is -4.26. The van der Waals surface area contributed by atoms with Crippen molar-refractivity contribution < 1.29 is 38.5 Å². The quantitative estimate of drug-likeness (QED) is 0.241. The van der Waals surface area contributed by atoms with Crippen molar-refractivity contribution in [2.24, 2.45) is 0 Å². The van der Waals surface area contributed by atoms with Gasteiger partial charge in [-0.1, -0.05) is 24.3 Å². The van der Waals surface area contributed by atoms with Crippen LogP contribution in [0.2, 0.25) is 0 Å². The van der Waals surface area contributed by atoms with Crippen LogP contribution in [-0.4, -0.2) is 87.4 Å². The Morgan fingerprint density at radius 1 is 1.16 bits per heavy atom. The van der Waals surface area contributed by atoms with Crippen LogP contribution in [-0.2, 0) is 14.8 Å². The number of aliphatic hydroxyl groups excluding tert-OH is 3. The Balaban J connectivity index is 1.48. The van der Waals surface area contributed by atoms with Crippen LogP contribution < -0.4 is 10.2 Å². The molecule has 2 fully saturated rings. The molecule has 1 aromatic carbocycles. The van der Waals surface area contributed by atoms with E-state index in [1.807, 2.05) is 31.2 Å². The number of aliphatic hydroxyl groups is 3. The summed E-state index contributed by atoms with van der Waals surface area (Å²) in [5.74, 6) is -0.608. The van der Waals surface area contributed by atoms with E-state index in [0.717, 1.165) is 22.4 Å². The van der Waals surface area contributed by atoms with Crippen molar-refractivity contribution in [2.75, 3.05) is 26.3 Å². The summed E-state index contributed by atoms with van der Waals surface area (Å²) >= 11 is 0. The molecule has 1 amide bonds. The van der Waals surface area contributed by atoms with E-state index in [-0.39, 0.29) is 32.2 Å². The van der Waals surface area contributed by atoms with Crippen LogP contribution in [0.15, 0.2) is 36.4 Å². The summed E-state index contributed by atoms with van der Waals surface area (Å²) in [6, 6.07) is 11.5. The first-order valence-corrected chi connectivity index (χ1v) is 13.7. The molecular weight excluding hydrogens is 502 g/mol. The second-order valence-corrected chi connectivity index (χ2v) is 11.9. The van der Waals surface area contributed by atoms with Crippen LogP contribution in [0, 0.1) is 6.92 Å². The first kappa shape index (κ1) is 27.4. The Morgan fingerprint density at radius 2 is 1.84 bits per heavy atom. The molecule has 0 unspecified atom stereocenters. The number of benzene rings is 1. The number of carbonyl (C=O) groups excluding carboxylic acids is 1. The number of amides is 1. The zero-order valence-corrected chi connectivity index (χ0v) is 21.4. The van der Waals surface area contributed by atoms with E-state index in [1.54, 1.807) is 6.07 Å². The van der Waals surface area contributed by atoms with Crippen LogP contribution in [0.25, 0.3) is 11.3 Å². The molecule has 2 heterocycles. The largest absolute Gasteiger partial charge is 0.475 e. The zero-order chi connectivity index (χ0) is 26.8. The fourth-order valence-electron chi connectivity index (χ4n) is 5.35. The monoisotopic (exact) mass is 535 g/mol. The number of nitrogens with one attached hydrogen (secondary N) is 1. The minimum absolute atomic E-state index is 0.0979. The predicted molar refractivity (Wildman–Crippen MR) is 133 cm³/mol. The summed E-state index contributed by atoms with van der Waals surface area (Å²) in [5.41, 5.74) is 5.17. The lowest BCUT2D eigenvalue weighted by Gasteiger charge is -2.37. The number of sulfonamides is 1. The lowest BCUT2D eigenvalue weighted by Crippen LogP contribution is -2.57. The highest BCUT2D eigenvalue weighted by molar-refractivity contribution is 7.91. The van der Waals surface area contributed by atoms with Gasteiger partial charge in [0.1, 0.15) is 6.61 Å². The van der Waals surface area contributed by atoms with E-state index in [0.29, 0.717) is 18.7 Å². The van der Waals surface area contributed by atoms with Crippen LogP contribution in [0.1, 0.15) is 42.7 Å². The Kier molecular flexibility index (Phi) is 8.17. The molecule has 1 saturated carbocycles. The second kappa shape index (κ2) is 11.0. The normalized spacial score (nSPS) is 25.2. The van der Waals surface area contributed by atoms with E-state index >= 15 is 0 Å². The number of rotatable bonds is 8. The number of aryl methyl sites for hydroxylation is 1. The number of hydrogen-bond acceptors (Lipinski definition) is 9. The molecule has 0 radical (unpaired) electrons. The average molecular weight is 536 g/mol. The minimum Gasteiger partial charge on any atom is -0.475 e. The van der Waals surface area contributed by atoms with Crippen LogP contribution in [0.4, 0.5) is 0 Å². The fraction of sp³-hybridized carbons (Fsp3) is 0.520. The highest BCUT2D eigenvalue weighted by Crippen LogP contribution is 2.41. The van der Waals surface area contributed by atoms with Gasteiger partial charge in [-0.15, -0.1) is 0 Å². The van der Waals surface area contributed by atoms with Crippen molar-refractivity contribution in [1.29, 1.82) is 0 Å². The van der Waals surface area contributed by atoms with E-state index in [2.05, 4.69) is 11.1 Å². The number of carbonyl (C=O) groups is 1. The Morgan fingerprint density at radius 3 is 2.43 bits per heavy atom. The highest BCUT2D eigenvalue weighted by atomic mass is 32.2. The number of hydroxylamine groups is 1. The molecule has 1 aliphatic carbocycles. The van der Waals surface area contributed by atoms with Crippen molar-refractivity contribution in [2.45, 2.75) is 55.5 Å². The van der Waals surface area contributed by atoms with Gasteiger partial charge in [-0.2, -0.15) is 0 Å². The van der Waals surface area contributed by atoms with Gasteiger partial charge in [-0.05, 0) is 42.9 Å². The molecule has 1 aromatic heterocycles. The first-order valence-electron chi connectivity index (χ1n) is 12.2. The van der Waals surface area contributed by atoms with E-state index in [9.17, 15) is 28.6 Å². The SMILES string of the molecule is Cc1cc(C2CCN(S(=O)(=O)[C@@]3(C(=O)NO)C[C@@H](O)[C@@H](O)C3)CC2)ccc1-c1cccc(OCCO)n1. The molecule has 11 nitrogen and oxygen atoms in total. The second-order valence-electron chi connectivity index (χ2n) is 9.66. The van der Waals surface area contributed by atoms with Gasteiger partial charge >= 0.3 is 0 Å². The van der Waals surface area contributed by atoms with Crippen LogP contribution >= 0.6 is 0 Å². The number of ether oxygens (including phenoxy) is 1. The summed E-state index contributed by atoms with van der Waals surface area (Å²) in [7, 11) is -4.26. The summed E-state index contributed by atoms with van der Waals surface area (Å²) < 4.78 is 31.5. The fourth-order valence-corrected chi connectivity index (χ4v) is 7.57. The maximum absolute atomic E-state index is 13.5. The third-order valence-corrected chi connectivity index (χ3v) is 9.94. The van der Waals surface area contributed by atoms with Crippen LogP contribution in [0.3, 0.4) is 0 Å². The number of piperidine rings is 1. The zero-order valence-electron chi connectivity index (χ0n) is 20.6. The lowest BCUT2D eigenvalue weighted by molar-refractivity contribution is -0.132. The topological polar surface area (TPSA) is 170 Å². The average Bonchev–Trinajstić information content (AvgIpc) is 3.22. The maximum Gasteiger partial charge on any atom is 0.266 e. The molecule has 1 aliphatic heterocycles. The summed E-state index contributed by atoms with van der Waals surface area (Å²) in [4.78, 5) is 17.0. The first-order chi connectivity index (χ1) is 17.6. The molecule has 5 N–H and O–H groups in total. The summed E-state index contributed by atoms with van der Waals surface area (Å²) in [6.07, 6.45) is -2.65. The van der Waals surface area contributed by atoms with Gasteiger partial charge in [0.2, 0.25) is 15.9 Å².